The summed E-state index contributed by atoms with van der Waals surface area (Å²) in [6.45, 7) is 3.78. The summed E-state index contributed by atoms with van der Waals surface area (Å²) in [6, 6.07) is 8.70. The molecule has 1 saturated heterocycles. The SMILES string of the molecule is COc1ccc(NC(=O)c2ccc(N3CCN(C)CC3)nn2)c(OC)c1. The van der Waals surface area contributed by atoms with Crippen LogP contribution < -0.4 is 19.7 Å². The number of carbonyl (C=O) groups excluding carboxylic acids is 1. The summed E-state index contributed by atoms with van der Waals surface area (Å²) in [5.41, 5.74) is 0.795. The minimum absolute atomic E-state index is 0.251. The first-order valence-corrected chi connectivity index (χ1v) is 8.41. The molecule has 1 N–H and O–H groups in total. The Labute approximate surface area is 152 Å². The van der Waals surface area contributed by atoms with E-state index in [-0.39, 0.29) is 11.6 Å². The molecule has 0 aliphatic carbocycles. The van der Waals surface area contributed by atoms with Crippen LogP contribution in [0.1, 0.15) is 10.5 Å². The largest absolute Gasteiger partial charge is 0.497 e. The highest BCUT2D eigenvalue weighted by atomic mass is 16.5. The quantitative estimate of drug-likeness (QED) is 0.868. The van der Waals surface area contributed by atoms with Crippen LogP contribution in [0, 0.1) is 0 Å². The molecule has 8 heteroatoms. The Morgan fingerprint density at radius 1 is 1.04 bits per heavy atom. The third-order valence-corrected chi connectivity index (χ3v) is 4.37. The van der Waals surface area contributed by atoms with Crippen LogP contribution in [0.25, 0.3) is 0 Å². The lowest BCUT2D eigenvalue weighted by molar-refractivity contribution is 0.102. The summed E-state index contributed by atoms with van der Waals surface area (Å²) in [4.78, 5) is 16.9. The van der Waals surface area contributed by atoms with Gasteiger partial charge in [0.05, 0.1) is 19.9 Å². The van der Waals surface area contributed by atoms with Crippen molar-refractivity contribution >= 4 is 17.4 Å². The van der Waals surface area contributed by atoms with Crippen molar-refractivity contribution in [3.63, 3.8) is 0 Å². The number of carbonyl (C=O) groups is 1. The number of aromatic nitrogens is 2. The number of methoxy groups -OCH3 is 2. The van der Waals surface area contributed by atoms with Crippen molar-refractivity contribution < 1.29 is 14.3 Å². The van der Waals surface area contributed by atoms with Gasteiger partial charge >= 0.3 is 0 Å². The van der Waals surface area contributed by atoms with Crippen molar-refractivity contribution in [2.75, 3.05) is 57.7 Å². The van der Waals surface area contributed by atoms with Crippen LogP contribution in [-0.2, 0) is 0 Å². The molecule has 1 aromatic carbocycles. The topological polar surface area (TPSA) is 79.8 Å². The van der Waals surface area contributed by atoms with Gasteiger partial charge in [0.2, 0.25) is 0 Å². The molecule has 1 fully saturated rings. The predicted molar refractivity (Wildman–Crippen MR) is 99.2 cm³/mol. The molecule has 0 radical (unpaired) electrons. The zero-order chi connectivity index (χ0) is 18.5. The second-order valence-electron chi connectivity index (χ2n) is 6.09. The lowest BCUT2D eigenvalue weighted by Crippen LogP contribution is -2.44. The summed E-state index contributed by atoms with van der Waals surface area (Å²) >= 11 is 0. The van der Waals surface area contributed by atoms with Crippen LogP contribution in [0.5, 0.6) is 11.5 Å². The average molecular weight is 357 g/mol. The van der Waals surface area contributed by atoms with E-state index in [0.717, 1.165) is 32.0 Å². The second kappa shape index (κ2) is 8.01. The van der Waals surface area contributed by atoms with E-state index in [1.165, 1.54) is 7.11 Å². The molecule has 0 saturated carbocycles. The van der Waals surface area contributed by atoms with E-state index in [0.29, 0.717) is 17.2 Å². The summed E-state index contributed by atoms with van der Waals surface area (Å²) < 4.78 is 10.4. The maximum absolute atomic E-state index is 12.4. The Morgan fingerprint density at radius 2 is 1.81 bits per heavy atom. The number of hydrogen-bond donors (Lipinski definition) is 1. The van der Waals surface area contributed by atoms with Gasteiger partial charge in [0.15, 0.2) is 11.5 Å². The summed E-state index contributed by atoms with van der Waals surface area (Å²) in [7, 11) is 5.21. The van der Waals surface area contributed by atoms with Gasteiger partial charge in [-0.15, -0.1) is 10.2 Å². The Hall–Kier alpha value is -2.87. The van der Waals surface area contributed by atoms with Gasteiger partial charge in [-0.05, 0) is 31.3 Å². The number of benzene rings is 1. The van der Waals surface area contributed by atoms with E-state index in [4.69, 9.17) is 9.47 Å². The molecule has 1 aliphatic rings. The van der Waals surface area contributed by atoms with Gasteiger partial charge in [-0.3, -0.25) is 4.79 Å². The Balaban J connectivity index is 1.69. The molecule has 0 bridgehead atoms. The number of likely N-dealkylation sites (N-methyl/N-ethyl adjacent to an activating group) is 1. The van der Waals surface area contributed by atoms with Gasteiger partial charge < -0.3 is 24.6 Å². The van der Waals surface area contributed by atoms with Crippen molar-refractivity contribution in [1.29, 1.82) is 0 Å². The van der Waals surface area contributed by atoms with Crippen molar-refractivity contribution in [1.82, 2.24) is 15.1 Å². The smallest absolute Gasteiger partial charge is 0.276 e. The van der Waals surface area contributed by atoms with Crippen molar-refractivity contribution in [3.8, 4) is 11.5 Å². The Morgan fingerprint density at radius 3 is 2.42 bits per heavy atom. The van der Waals surface area contributed by atoms with E-state index in [2.05, 4.69) is 32.4 Å². The highest BCUT2D eigenvalue weighted by Crippen LogP contribution is 2.29. The molecular formula is C18H23N5O3. The number of ether oxygens (including phenoxy) is 2. The van der Waals surface area contributed by atoms with Crippen molar-refractivity contribution in [2.45, 2.75) is 0 Å². The third-order valence-electron chi connectivity index (χ3n) is 4.37. The van der Waals surface area contributed by atoms with Crippen LogP contribution in [-0.4, -0.2) is 68.5 Å². The molecule has 2 aromatic rings. The van der Waals surface area contributed by atoms with Gasteiger partial charge in [-0.1, -0.05) is 0 Å². The minimum atomic E-state index is -0.342. The molecule has 2 heterocycles. The van der Waals surface area contributed by atoms with E-state index in [9.17, 15) is 4.79 Å². The molecule has 8 nitrogen and oxygen atoms in total. The number of hydrogen-bond acceptors (Lipinski definition) is 7. The highest BCUT2D eigenvalue weighted by molar-refractivity contribution is 6.03. The maximum atomic E-state index is 12.4. The molecule has 1 aliphatic heterocycles. The first-order valence-electron chi connectivity index (χ1n) is 8.41. The van der Waals surface area contributed by atoms with Crippen molar-refractivity contribution in [3.05, 3.63) is 36.0 Å². The summed E-state index contributed by atoms with van der Waals surface area (Å²) in [6.07, 6.45) is 0. The first kappa shape index (κ1) is 17.9. The van der Waals surface area contributed by atoms with E-state index >= 15 is 0 Å². The second-order valence-corrected chi connectivity index (χ2v) is 6.09. The number of anilines is 2. The molecule has 0 atom stereocenters. The lowest BCUT2D eigenvalue weighted by atomic mass is 10.2. The standard InChI is InChI=1S/C18H23N5O3/c1-22-8-10-23(11-9-22)17-7-6-15(20-21-17)18(24)19-14-5-4-13(25-2)12-16(14)26-3/h4-7,12H,8-11H2,1-3H3,(H,19,24). The van der Waals surface area contributed by atoms with E-state index in [1.807, 2.05) is 6.07 Å². The zero-order valence-electron chi connectivity index (χ0n) is 15.2. The van der Waals surface area contributed by atoms with E-state index < -0.39 is 0 Å². The van der Waals surface area contributed by atoms with Crippen molar-refractivity contribution in [2.24, 2.45) is 0 Å². The Bertz CT molecular complexity index is 758. The van der Waals surface area contributed by atoms with Gasteiger partial charge in [0.1, 0.15) is 11.5 Å². The number of nitrogens with zero attached hydrogens (tertiary/aromatic N) is 4. The normalized spacial score (nSPS) is 14.8. The van der Waals surface area contributed by atoms with Crippen LogP contribution in [0.3, 0.4) is 0 Å². The van der Waals surface area contributed by atoms with Gasteiger partial charge in [0.25, 0.3) is 5.91 Å². The fourth-order valence-electron chi connectivity index (χ4n) is 2.74. The minimum Gasteiger partial charge on any atom is -0.497 e. The molecule has 26 heavy (non-hydrogen) atoms. The monoisotopic (exact) mass is 357 g/mol. The Kier molecular flexibility index (Phi) is 5.52. The highest BCUT2D eigenvalue weighted by Gasteiger charge is 2.17. The summed E-state index contributed by atoms with van der Waals surface area (Å²) in [5, 5.41) is 11.1. The number of rotatable bonds is 5. The summed E-state index contributed by atoms with van der Waals surface area (Å²) in [5.74, 6) is 1.61. The molecule has 1 aromatic heterocycles. The maximum Gasteiger partial charge on any atom is 0.276 e. The number of amides is 1. The van der Waals surface area contributed by atoms with Gasteiger partial charge in [-0.2, -0.15) is 0 Å². The van der Waals surface area contributed by atoms with Gasteiger partial charge in [-0.25, -0.2) is 0 Å². The molecule has 0 spiro atoms. The molecule has 3 rings (SSSR count). The molecule has 1 amide bonds. The fraction of sp³-hybridized carbons (Fsp3) is 0.389. The number of piperazine rings is 1. The molecule has 138 valence electrons. The predicted octanol–water partition coefficient (Wildman–Crippen LogP) is 1.50. The third kappa shape index (κ3) is 4.02. The average Bonchev–Trinajstić information content (AvgIpc) is 2.69. The molecule has 0 unspecified atom stereocenters. The van der Waals surface area contributed by atoms with Crippen LogP contribution in [0.2, 0.25) is 0 Å². The van der Waals surface area contributed by atoms with E-state index in [1.54, 1.807) is 31.4 Å². The first-order chi connectivity index (χ1) is 12.6. The fourth-order valence-corrected chi connectivity index (χ4v) is 2.74. The molecular weight excluding hydrogens is 334 g/mol. The lowest BCUT2D eigenvalue weighted by Gasteiger charge is -2.32. The number of nitrogens with one attached hydrogen (secondary N) is 1. The zero-order valence-corrected chi connectivity index (χ0v) is 15.2. The van der Waals surface area contributed by atoms with Crippen LogP contribution in [0.4, 0.5) is 11.5 Å². The van der Waals surface area contributed by atoms with Crippen LogP contribution in [0.15, 0.2) is 30.3 Å². The van der Waals surface area contributed by atoms with Crippen LogP contribution >= 0.6 is 0 Å². The van der Waals surface area contributed by atoms with Gasteiger partial charge in [0, 0.05) is 32.2 Å².